The zero-order valence-electron chi connectivity index (χ0n) is 11.7. The van der Waals surface area contributed by atoms with Crippen molar-refractivity contribution in [2.45, 2.75) is 39.5 Å². The van der Waals surface area contributed by atoms with Gasteiger partial charge in [0.15, 0.2) is 11.6 Å². The fourth-order valence-corrected chi connectivity index (χ4v) is 2.43. The van der Waals surface area contributed by atoms with Crippen LogP contribution in [0.2, 0.25) is 0 Å². The lowest BCUT2D eigenvalue weighted by Gasteiger charge is -2.36. The molecule has 8 heteroatoms. The molecule has 1 fully saturated rings. The van der Waals surface area contributed by atoms with Crippen LogP contribution in [0.4, 0.5) is 0 Å². The molecule has 0 amide bonds. The summed E-state index contributed by atoms with van der Waals surface area (Å²) < 4.78 is 16.2. The van der Waals surface area contributed by atoms with Gasteiger partial charge in [0, 0.05) is 6.54 Å². The lowest BCUT2D eigenvalue weighted by molar-refractivity contribution is -0.0789. The third-order valence-corrected chi connectivity index (χ3v) is 3.30. The molecule has 108 valence electrons. The minimum atomic E-state index is -0.0999. The first kappa shape index (κ1) is 13.2. The van der Waals surface area contributed by atoms with Gasteiger partial charge >= 0.3 is 0 Å². The minimum Gasteiger partial charge on any atom is -0.375 e. The molecule has 20 heavy (non-hydrogen) atoms. The molecule has 2 aromatic heterocycles. The number of aromatic nitrogens is 4. The standard InChI is InChI=1S/C12H17N5O3/c1-7-11(12-14-9(3)16-20-12)17(4-5-18-7)6-10-13-8(2)15-19-10/h7,11H,4-6H2,1-3H3/t7-,11+/m1/s1. The van der Waals surface area contributed by atoms with Gasteiger partial charge in [-0.05, 0) is 20.8 Å². The number of hydrogen-bond acceptors (Lipinski definition) is 8. The van der Waals surface area contributed by atoms with E-state index in [0.29, 0.717) is 36.6 Å². The fourth-order valence-electron chi connectivity index (χ4n) is 2.43. The van der Waals surface area contributed by atoms with E-state index in [4.69, 9.17) is 13.8 Å². The van der Waals surface area contributed by atoms with E-state index >= 15 is 0 Å². The van der Waals surface area contributed by atoms with Crippen molar-refractivity contribution in [2.24, 2.45) is 0 Å². The highest BCUT2D eigenvalue weighted by molar-refractivity contribution is 4.98. The largest absolute Gasteiger partial charge is 0.375 e. The highest BCUT2D eigenvalue weighted by Gasteiger charge is 2.35. The van der Waals surface area contributed by atoms with Gasteiger partial charge in [0.05, 0.1) is 19.3 Å². The predicted octanol–water partition coefficient (Wildman–Crippen LogP) is 1.03. The molecule has 0 unspecified atom stereocenters. The van der Waals surface area contributed by atoms with Crippen molar-refractivity contribution in [3.8, 4) is 0 Å². The molecule has 2 atom stereocenters. The summed E-state index contributed by atoms with van der Waals surface area (Å²) in [7, 11) is 0. The number of rotatable bonds is 3. The predicted molar refractivity (Wildman–Crippen MR) is 66.6 cm³/mol. The molecule has 0 radical (unpaired) electrons. The van der Waals surface area contributed by atoms with Crippen molar-refractivity contribution >= 4 is 0 Å². The molecule has 1 saturated heterocycles. The van der Waals surface area contributed by atoms with E-state index < -0.39 is 0 Å². The molecule has 0 N–H and O–H groups in total. The first-order valence-electron chi connectivity index (χ1n) is 6.58. The van der Waals surface area contributed by atoms with Crippen molar-refractivity contribution in [1.82, 2.24) is 25.2 Å². The van der Waals surface area contributed by atoms with Crippen LogP contribution in [0.5, 0.6) is 0 Å². The Morgan fingerprint density at radius 2 is 1.90 bits per heavy atom. The SMILES string of the molecule is Cc1noc(CN2CCO[C@H](C)[C@H]2c2nc(C)no2)n1. The van der Waals surface area contributed by atoms with Gasteiger partial charge in [-0.3, -0.25) is 4.90 Å². The summed E-state index contributed by atoms with van der Waals surface area (Å²) in [5.74, 6) is 2.39. The molecule has 1 aliphatic rings. The van der Waals surface area contributed by atoms with Crippen LogP contribution in [-0.2, 0) is 11.3 Å². The van der Waals surface area contributed by atoms with Crippen molar-refractivity contribution in [2.75, 3.05) is 13.2 Å². The molecule has 3 heterocycles. The van der Waals surface area contributed by atoms with Gasteiger partial charge in [-0.1, -0.05) is 10.3 Å². The Morgan fingerprint density at radius 3 is 2.55 bits per heavy atom. The second kappa shape index (κ2) is 5.29. The molecule has 1 aliphatic heterocycles. The van der Waals surface area contributed by atoms with Crippen LogP contribution in [0.3, 0.4) is 0 Å². The van der Waals surface area contributed by atoms with Gasteiger partial charge in [0.1, 0.15) is 6.04 Å². The van der Waals surface area contributed by atoms with Crippen molar-refractivity contribution in [1.29, 1.82) is 0 Å². The second-order valence-corrected chi connectivity index (χ2v) is 4.91. The van der Waals surface area contributed by atoms with Crippen molar-refractivity contribution in [3.63, 3.8) is 0 Å². The quantitative estimate of drug-likeness (QED) is 0.822. The van der Waals surface area contributed by atoms with Crippen LogP contribution in [0.25, 0.3) is 0 Å². The van der Waals surface area contributed by atoms with E-state index in [9.17, 15) is 0 Å². The van der Waals surface area contributed by atoms with E-state index in [0.717, 1.165) is 6.54 Å². The Hall–Kier alpha value is -1.80. The minimum absolute atomic E-state index is 0.0346. The number of hydrogen-bond donors (Lipinski definition) is 0. The summed E-state index contributed by atoms with van der Waals surface area (Å²) in [6.45, 7) is 7.53. The van der Waals surface area contributed by atoms with Gasteiger partial charge in [-0.25, -0.2) is 0 Å². The normalized spacial score (nSPS) is 24.1. The monoisotopic (exact) mass is 279 g/mol. The van der Waals surface area contributed by atoms with Crippen molar-refractivity contribution < 1.29 is 13.8 Å². The number of nitrogens with zero attached hydrogens (tertiary/aromatic N) is 5. The lowest BCUT2D eigenvalue weighted by Crippen LogP contribution is -2.43. The van der Waals surface area contributed by atoms with E-state index in [1.165, 1.54) is 0 Å². The molecule has 8 nitrogen and oxygen atoms in total. The van der Waals surface area contributed by atoms with Gasteiger partial charge < -0.3 is 13.8 Å². The molecule has 0 spiro atoms. The smallest absolute Gasteiger partial charge is 0.246 e. The highest BCUT2D eigenvalue weighted by atomic mass is 16.5. The van der Waals surface area contributed by atoms with E-state index in [-0.39, 0.29) is 12.1 Å². The van der Waals surface area contributed by atoms with E-state index in [1.54, 1.807) is 13.8 Å². The molecule has 2 aromatic rings. The van der Waals surface area contributed by atoms with E-state index in [1.807, 2.05) is 6.92 Å². The first-order chi connectivity index (χ1) is 9.63. The van der Waals surface area contributed by atoms with Crippen LogP contribution in [-0.4, -0.2) is 44.4 Å². The summed E-state index contributed by atoms with van der Waals surface area (Å²) in [6, 6.07) is -0.0999. The van der Waals surface area contributed by atoms with Crippen LogP contribution >= 0.6 is 0 Å². The average Bonchev–Trinajstić information content (AvgIpc) is 2.99. The van der Waals surface area contributed by atoms with Gasteiger partial charge in [-0.2, -0.15) is 9.97 Å². The third-order valence-electron chi connectivity index (χ3n) is 3.30. The topological polar surface area (TPSA) is 90.3 Å². The van der Waals surface area contributed by atoms with Crippen LogP contribution < -0.4 is 0 Å². The maximum absolute atomic E-state index is 5.69. The van der Waals surface area contributed by atoms with Gasteiger partial charge in [-0.15, -0.1) is 0 Å². The summed E-state index contributed by atoms with van der Waals surface area (Å²) >= 11 is 0. The molecule has 3 rings (SSSR count). The van der Waals surface area contributed by atoms with Gasteiger partial charge in [0.2, 0.25) is 11.8 Å². The summed E-state index contributed by atoms with van der Waals surface area (Å²) in [5, 5.41) is 7.66. The van der Waals surface area contributed by atoms with Crippen LogP contribution in [0.1, 0.15) is 36.4 Å². The number of ether oxygens (including phenoxy) is 1. The number of morpholine rings is 1. The summed E-state index contributed by atoms with van der Waals surface area (Å²) in [4.78, 5) is 10.7. The van der Waals surface area contributed by atoms with Crippen LogP contribution in [0.15, 0.2) is 9.05 Å². The van der Waals surface area contributed by atoms with E-state index in [2.05, 4.69) is 25.2 Å². The molecule has 0 saturated carbocycles. The zero-order valence-corrected chi connectivity index (χ0v) is 11.7. The second-order valence-electron chi connectivity index (χ2n) is 4.91. The Morgan fingerprint density at radius 1 is 1.15 bits per heavy atom. The van der Waals surface area contributed by atoms with Crippen LogP contribution in [0, 0.1) is 13.8 Å². The maximum atomic E-state index is 5.69. The zero-order chi connectivity index (χ0) is 14.1. The molecular formula is C12H17N5O3. The highest BCUT2D eigenvalue weighted by Crippen LogP contribution is 2.29. The lowest BCUT2D eigenvalue weighted by atomic mass is 10.1. The summed E-state index contributed by atoms with van der Waals surface area (Å²) in [6.07, 6.45) is -0.0346. The maximum Gasteiger partial charge on any atom is 0.246 e. The first-order valence-corrected chi connectivity index (χ1v) is 6.58. The summed E-state index contributed by atoms with van der Waals surface area (Å²) in [5.41, 5.74) is 0. The molecular weight excluding hydrogens is 262 g/mol. The molecule has 0 aliphatic carbocycles. The Labute approximate surface area is 116 Å². The molecule has 0 aromatic carbocycles. The Kier molecular flexibility index (Phi) is 3.49. The Balaban J connectivity index is 1.82. The molecule has 0 bridgehead atoms. The fraction of sp³-hybridized carbons (Fsp3) is 0.667. The van der Waals surface area contributed by atoms with Crippen molar-refractivity contribution in [3.05, 3.63) is 23.4 Å². The van der Waals surface area contributed by atoms with Gasteiger partial charge in [0.25, 0.3) is 0 Å². The third kappa shape index (κ3) is 2.56. The average molecular weight is 279 g/mol. The number of aryl methyl sites for hydroxylation is 2. The Bertz CT molecular complexity index is 581.